The molecule has 31 heavy (non-hydrogen) atoms. The summed E-state index contributed by atoms with van der Waals surface area (Å²) in [5.74, 6) is -0.377. The Kier molecular flexibility index (Phi) is 5.81. The lowest BCUT2D eigenvalue weighted by molar-refractivity contribution is -0.145. The molecule has 0 radical (unpaired) electrons. The number of thiazole rings is 1. The van der Waals surface area contributed by atoms with Crippen LogP contribution in [0.4, 0.5) is 13.2 Å². The van der Waals surface area contributed by atoms with Crippen LogP contribution in [0.2, 0.25) is 0 Å². The third-order valence-electron chi connectivity index (χ3n) is 4.19. The second-order valence-electron chi connectivity index (χ2n) is 6.43. The van der Waals surface area contributed by atoms with Crippen LogP contribution in [0.1, 0.15) is 17.1 Å². The molecule has 10 heteroatoms. The highest BCUT2D eigenvalue weighted by atomic mass is 32.1. The predicted octanol–water partition coefficient (Wildman–Crippen LogP) is 5.16. The van der Waals surface area contributed by atoms with Crippen molar-refractivity contribution < 1.29 is 27.2 Å². The van der Waals surface area contributed by atoms with Gasteiger partial charge in [-0.15, -0.1) is 11.3 Å². The highest BCUT2D eigenvalue weighted by Gasteiger charge is 2.30. The number of benzene rings is 2. The first-order valence-corrected chi connectivity index (χ1v) is 9.92. The summed E-state index contributed by atoms with van der Waals surface area (Å²) in [6.07, 6.45) is -4.43. The monoisotopic (exact) mass is 445 g/mol. The summed E-state index contributed by atoms with van der Waals surface area (Å²) in [4.78, 5) is 20.6. The van der Waals surface area contributed by atoms with E-state index >= 15 is 0 Å². The normalized spacial score (nSPS) is 11.5. The molecular formula is C21H14F3N3O3S. The van der Waals surface area contributed by atoms with Crippen molar-refractivity contribution in [3.63, 3.8) is 0 Å². The second kappa shape index (κ2) is 8.68. The van der Waals surface area contributed by atoms with E-state index in [1.165, 1.54) is 23.5 Å². The van der Waals surface area contributed by atoms with Crippen molar-refractivity contribution in [3.05, 3.63) is 77.1 Å². The quantitative estimate of drug-likeness (QED) is 0.381. The fourth-order valence-corrected chi connectivity index (χ4v) is 3.51. The molecule has 0 aliphatic rings. The fraction of sp³-hybridized carbons (Fsp3) is 0.143. The minimum Gasteiger partial charge on any atom is -0.455 e. The molecule has 0 spiro atoms. The number of rotatable bonds is 6. The summed E-state index contributed by atoms with van der Waals surface area (Å²) in [6, 6.07) is 14.0. The average molecular weight is 445 g/mol. The molecule has 0 saturated heterocycles. The number of nitrogens with zero attached hydrogens (tertiary/aromatic N) is 3. The Morgan fingerprint density at radius 1 is 1.00 bits per heavy atom. The summed E-state index contributed by atoms with van der Waals surface area (Å²) < 4.78 is 48.1. The number of halogens is 3. The summed E-state index contributed by atoms with van der Waals surface area (Å²) in [5, 5.41) is 6.31. The van der Waals surface area contributed by atoms with Crippen molar-refractivity contribution in [2.24, 2.45) is 0 Å². The van der Waals surface area contributed by atoms with Crippen molar-refractivity contribution in [2.45, 2.75) is 19.2 Å². The van der Waals surface area contributed by atoms with Crippen LogP contribution in [0.25, 0.3) is 22.0 Å². The number of esters is 1. The molecule has 0 unspecified atom stereocenters. The molecule has 2 aromatic carbocycles. The van der Waals surface area contributed by atoms with Gasteiger partial charge in [-0.05, 0) is 12.1 Å². The average Bonchev–Trinajstić information content (AvgIpc) is 3.42. The van der Waals surface area contributed by atoms with Gasteiger partial charge in [0, 0.05) is 16.5 Å². The lowest BCUT2D eigenvalue weighted by atomic mass is 10.1. The van der Waals surface area contributed by atoms with Gasteiger partial charge >= 0.3 is 12.1 Å². The first-order chi connectivity index (χ1) is 14.9. The van der Waals surface area contributed by atoms with Crippen LogP contribution in [0, 0.1) is 0 Å². The maximum Gasteiger partial charge on any atom is 0.416 e. The van der Waals surface area contributed by atoms with Gasteiger partial charge in [0.25, 0.3) is 5.89 Å². The minimum atomic E-state index is -4.42. The number of carbonyl (C=O) groups excluding carboxylic acids is 1. The van der Waals surface area contributed by atoms with E-state index in [4.69, 9.17) is 9.26 Å². The number of alkyl halides is 3. The topological polar surface area (TPSA) is 78.1 Å². The Hall–Kier alpha value is -3.53. The Balaban J connectivity index is 1.32. The lowest BCUT2D eigenvalue weighted by Gasteiger charge is -2.05. The van der Waals surface area contributed by atoms with Gasteiger partial charge in [0.05, 0.1) is 17.7 Å². The van der Waals surface area contributed by atoms with Crippen molar-refractivity contribution in [1.29, 1.82) is 0 Å². The predicted molar refractivity (Wildman–Crippen MR) is 106 cm³/mol. The third-order valence-corrected chi connectivity index (χ3v) is 5.13. The maximum atomic E-state index is 12.6. The van der Waals surface area contributed by atoms with Gasteiger partial charge < -0.3 is 9.26 Å². The van der Waals surface area contributed by atoms with Crippen LogP contribution in [-0.2, 0) is 28.7 Å². The van der Waals surface area contributed by atoms with E-state index < -0.39 is 17.7 Å². The fourth-order valence-electron chi connectivity index (χ4n) is 2.68. The summed E-state index contributed by atoms with van der Waals surface area (Å²) in [7, 11) is 0. The van der Waals surface area contributed by atoms with Crippen LogP contribution >= 0.6 is 11.3 Å². The number of hydrogen-bond acceptors (Lipinski definition) is 7. The van der Waals surface area contributed by atoms with E-state index in [0.717, 1.165) is 22.7 Å². The van der Waals surface area contributed by atoms with Gasteiger partial charge in [-0.25, -0.2) is 4.98 Å². The summed E-state index contributed by atoms with van der Waals surface area (Å²) in [6.45, 7) is -0.248. The maximum absolute atomic E-state index is 12.6. The van der Waals surface area contributed by atoms with Gasteiger partial charge in [0.2, 0.25) is 5.82 Å². The molecule has 0 aliphatic carbocycles. The molecule has 4 aromatic rings. The van der Waals surface area contributed by atoms with Crippen molar-refractivity contribution in [3.8, 4) is 22.0 Å². The lowest BCUT2D eigenvalue weighted by Crippen LogP contribution is -2.08. The Morgan fingerprint density at radius 2 is 1.74 bits per heavy atom. The molecule has 0 N–H and O–H groups in total. The molecule has 0 aliphatic heterocycles. The number of carbonyl (C=O) groups is 1. The molecule has 0 saturated carbocycles. The Morgan fingerprint density at radius 3 is 2.45 bits per heavy atom. The zero-order valence-corrected chi connectivity index (χ0v) is 16.6. The van der Waals surface area contributed by atoms with E-state index in [9.17, 15) is 18.0 Å². The van der Waals surface area contributed by atoms with Crippen LogP contribution in [-0.4, -0.2) is 21.1 Å². The molecule has 0 amide bonds. The van der Waals surface area contributed by atoms with E-state index in [1.54, 1.807) is 5.38 Å². The van der Waals surface area contributed by atoms with Crippen LogP contribution in [0.5, 0.6) is 0 Å². The van der Waals surface area contributed by atoms with E-state index in [1.807, 2.05) is 30.3 Å². The smallest absolute Gasteiger partial charge is 0.416 e. The molecular weight excluding hydrogens is 431 g/mol. The van der Waals surface area contributed by atoms with E-state index in [2.05, 4.69) is 15.1 Å². The van der Waals surface area contributed by atoms with Crippen molar-refractivity contribution in [2.75, 3.05) is 0 Å². The van der Waals surface area contributed by atoms with Gasteiger partial charge in [0.15, 0.2) is 6.61 Å². The highest BCUT2D eigenvalue weighted by Crippen LogP contribution is 2.30. The van der Waals surface area contributed by atoms with E-state index in [0.29, 0.717) is 11.3 Å². The zero-order chi connectivity index (χ0) is 21.8. The standard InChI is InChI=1S/C21H14F3N3O3S/c22-21(23,24)15-8-6-13(7-9-15)19-26-17(30-27-19)11-29-18(28)10-16-12-31-20(25-16)14-4-2-1-3-5-14/h1-9,12H,10-11H2. The number of hydrogen-bond donors (Lipinski definition) is 0. The van der Waals surface area contributed by atoms with Crippen LogP contribution in [0.15, 0.2) is 64.5 Å². The van der Waals surface area contributed by atoms with Gasteiger partial charge in [-0.3, -0.25) is 4.79 Å². The van der Waals surface area contributed by atoms with E-state index in [-0.39, 0.29) is 24.7 Å². The van der Waals surface area contributed by atoms with Crippen LogP contribution < -0.4 is 0 Å². The molecule has 0 fully saturated rings. The van der Waals surface area contributed by atoms with Crippen molar-refractivity contribution >= 4 is 17.3 Å². The molecule has 6 nitrogen and oxygen atoms in total. The molecule has 158 valence electrons. The summed E-state index contributed by atoms with van der Waals surface area (Å²) in [5.41, 5.74) is 1.13. The number of aromatic nitrogens is 3. The first kappa shape index (κ1) is 20.7. The Bertz CT molecular complexity index is 1170. The molecule has 0 bridgehead atoms. The third kappa shape index (κ3) is 5.15. The second-order valence-corrected chi connectivity index (χ2v) is 7.29. The van der Waals surface area contributed by atoms with Crippen LogP contribution in [0.3, 0.4) is 0 Å². The molecule has 0 atom stereocenters. The minimum absolute atomic E-state index is 0.0107. The first-order valence-electron chi connectivity index (χ1n) is 9.04. The Labute approximate surface area is 178 Å². The highest BCUT2D eigenvalue weighted by molar-refractivity contribution is 7.13. The van der Waals surface area contributed by atoms with Gasteiger partial charge in [-0.1, -0.05) is 47.6 Å². The van der Waals surface area contributed by atoms with Gasteiger partial charge in [-0.2, -0.15) is 18.2 Å². The number of ether oxygens (including phenoxy) is 1. The molecule has 2 aromatic heterocycles. The van der Waals surface area contributed by atoms with Crippen molar-refractivity contribution in [1.82, 2.24) is 15.1 Å². The molecule has 4 rings (SSSR count). The zero-order valence-electron chi connectivity index (χ0n) is 15.8. The summed E-state index contributed by atoms with van der Waals surface area (Å²) >= 11 is 1.43. The van der Waals surface area contributed by atoms with Gasteiger partial charge in [0.1, 0.15) is 5.01 Å². The SMILES string of the molecule is O=C(Cc1csc(-c2ccccc2)n1)OCc1nc(-c2ccc(C(F)(F)F)cc2)no1. The molecule has 2 heterocycles. The largest absolute Gasteiger partial charge is 0.455 e.